The van der Waals surface area contributed by atoms with Crippen molar-refractivity contribution in [1.29, 1.82) is 0 Å². The molecule has 6 heteroatoms. The Morgan fingerprint density at radius 2 is 1.72 bits per heavy atom. The van der Waals surface area contributed by atoms with E-state index in [0.717, 1.165) is 5.56 Å². The molecule has 1 N–H and O–H groups in total. The van der Waals surface area contributed by atoms with Crippen LogP contribution < -0.4 is 15.6 Å². The fourth-order valence-electron chi connectivity index (χ4n) is 3.13. The zero-order valence-electron chi connectivity index (χ0n) is 16.0. The van der Waals surface area contributed by atoms with Crippen LogP contribution in [0.1, 0.15) is 15.9 Å². The average Bonchev–Trinajstić information content (AvgIpc) is 2.76. The van der Waals surface area contributed by atoms with Crippen LogP contribution in [0.4, 0.5) is 5.82 Å². The number of methoxy groups -OCH3 is 1. The van der Waals surface area contributed by atoms with Crippen molar-refractivity contribution < 1.29 is 9.53 Å². The minimum absolute atomic E-state index is 0.198. The molecule has 0 radical (unpaired) electrons. The van der Waals surface area contributed by atoms with Gasteiger partial charge < -0.3 is 10.1 Å². The van der Waals surface area contributed by atoms with Crippen LogP contribution in [0.25, 0.3) is 16.5 Å². The molecule has 29 heavy (non-hydrogen) atoms. The van der Waals surface area contributed by atoms with Crippen LogP contribution in [0.15, 0.2) is 77.9 Å². The molecule has 1 amide bonds. The number of hydrogen-bond acceptors (Lipinski definition) is 4. The number of anilines is 1. The lowest BCUT2D eigenvalue weighted by Crippen LogP contribution is -2.22. The molecular weight excluding hydrogens is 366 g/mol. The molecule has 0 bridgehead atoms. The van der Waals surface area contributed by atoms with E-state index in [-0.39, 0.29) is 11.5 Å². The number of fused-ring (bicyclic) bond motifs is 1. The molecule has 4 aromatic rings. The van der Waals surface area contributed by atoms with E-state index in [2.05, 4.69) is 10.3 Å². The summed E-state index contributed by atoms with van der Waals surface area (Å²) in [5, 5.41) is 3.86. The van der Waals surface area contributed by atoms with E-state index >= 15 is 0 Å². The van der Waals surface area contributed by atoms with Gasteiger partial charge in [0, 0.05) is 28.9 Å². The highest BCUT2D eigenvalue weighted by molar-refractivity contribution is 6.12. The molecule has 6 nitrogen and oxygen atoms in total. The number of hydrogen-bond donors (Lipinski definition) is 1. The Morgan fingerprint density at radius 3 is 2.38 bits per heavy atom. The van der Waals surface area contributed by atoms with Crippen molar-refractivity contribution >= 4 is 22.5 Å². The van der Waals surface area contributed by atoms with Gasteiger partial charge in [-0.25, -0.2) is 4.98 Å². The quantitative estimate of drug-likeness (QED) is 0.577. The van der Waals surface area contributed by atoms with Gasteiger partial charge in [0.2, 0.25) is 0 Å². The Balaban J connectivity index is 1.84. The third-order valence-electron chi connectivity index (χ3n) is 4.67. The highest BCUT2D eigenvalue weighted by Crippen LogP contribution is 2.20. The molecule has 2 aromatic carbocycles. The number of carbonyl (C=O) groups excluding carboxylic acids is 1. The van der Waals surface area contributed by atoms with Crippen molar-refractivity contribution in [2.24, 2.45) is 0 Å². The second-order valence-electron chi connectivity index (χ2n) is 6.64. The number of rotatable bonds is 4. The second kappa shape index (κ2) is 7.59. The van der Waals surface area contributed by atoms with Gasteiger partial charge in [-0.2, -0.15) is 0 Å². The standard InChI is InChI=1S/C23H19N3O3/c1-15-7-12-21(24-13-15)25-22(27)20-14-26(16-8-10-17(29-2)11-9-16)23(28)19-6-4-3-5-18(19)20/h3-14H,1-2H3,(H,24,25,27). The summed E-state index contributed by atoms with van der Waals surface area (Å²) in [4.78, 5) is 30.3. The Labute approximate surface area is 167 Å². The van der Waals surface area contributed by atoms with Gasteiger partial charge in [-0.1, -0.05) is 24.3 Å². The lowest BCUT2D eigenvalue weighted by Gasteiger charge is -2.13. The number of pyridine rings is 2. The molecule has 0 unspecified atom stereocenters. The Morgan fingerprint density at radius 1 is 1.00 bits per heavy atom. The first-order valence-corrected chi connectivity index (χ1v) is 9.09. The van der Waals surface area contributed by atoms with Crippen molar-refractivity contribution in [1.82, 2.24) is 9.55 Å². The summed E-state index contributed by atoms with van der Waals surface area (Å²) in [6.07, 6.45) is 3.25. The van der Waals surface area contributed by atoms with E-state index in [1.165, 1.54) is 4.57 Å². The number of aryl methyl sites for hydroxylation is 1. The molecule has 2 aromatic heterocycles. The van der Waals surface area contributed by atoms with Gasteiger partial charge in [-0.15, -0.1) is 0 Å². The first kappa shape index (κ1) is 18.4. The van der Waals surface area contributed by atoms with Gasteiger partial charge in [0.1, 0.15) is 11.6 Å². The summed E-state index contributed by atoms with van der Waals surface area (Å²) in [5.74, 6) is 0.803. The van der Waals surface area contributed by atoms with Crippen LogP contribution in [0.2, 0.25) is 0 Å². The Hall–Kier alpha value is -3.93. The van der Waals surface area contributed by atoms with Gasteiger partial charge in [0.15, 0.2) is 0 Å². The van der Waals surface area contributed by atoms with Gasteiger partial charge in [0.25, 0.3) is 11.5 Å². The Bertz CT molecular complexity index is 1240. The number of carbonyl (C=O) groups is 1. The van der Waals surface area contributed by atoms with Gasteiger partial charge in [-0.05, 0) is 48.9 Å². The summed E-state index contributed by atoms with van der Waals surface area (Å²) >= 11 is 0. The number of amides is 1. The van der Waals surface area contributed by atoms with E-state index in [4.69, 9.17) is 4.74 Å². The molecule has 4 rings (SSSR count). The number of nitrogens with zero attached hydrogens (tertiary/aromatic N) is 2. The van der Waals surface area contributed by atoms with Crippen molar-refractivity contribution in [3.05, 3.63) is 94.5 Å². The molecule has 0 aliphatic carbocycles. The molecular formula is C23H19N3O3. The normalized spacial score (nSPS) is 10.7. The maximum absolute atomic E-state index is 13.0. The third-order valence-corrected chi connectivity index (χ3v) is 4.67. The van der Waals surface area contributed by atoms with Crippen molar-refractivity contribution in [2.75, 3.05) is 12.4 Å². The van der Waals surface area contributed by atoms with E-state index < -0.39 is 0 Å². The first-order valence-electron chi connectivity index (χ1n) is 9.09. The maximum atomic E-state index is 13.0. The Kier molecular flexibility index (Phi) is 4.83. The topological polar surface area (TPSA) is 73.2 Å². The van der Waals surface area contributed by atoms with Gasteiger partial charge >= 0.3 is 0 Å². The minimum Gasteiger partial charge on any atom is -0.497 e. The zero-order valence-corrected chi connectivity index (χ0v) is 16.0. The molecule has 0 saturated carbocycles. The van der Waals surface area contributed by atoms with E-state index in [1.54, 1.807) is 74.1 Å². The number of ether oxygens (including phenoxy) is 1. The molecule has 0 saturated heterocycles. The van der Waals surface area contributed by atoms with E-state index in [1.807, 2.05) is 13.0 Å². The molecule has 0 fully saturated rings. The summed E-state index contributed by atoms with van der Waals surface area (Å²) in [6.45, 7) is 1.93. The maximum Gasteiger partial charge on any atom is 0.262 e. The van der Waals surface area contributed by atoms with Crippen molar-refractivity contribution in [2.45, 2.75) is 6.92 Å². The van der Waals surface area contributed by atoms with Gasteiger partial charge in [-0.3, -0.25) is 14.2 Å². The van der Waals surface area contributed by atoms with Crippen molar-refractivity contribution in [3.8, 4) is 11.4 Å². The first-order chi connectivity index (χ1) is 14.1. The van der Waals surface area contributed by atoms with Crippen molar-refractivity contribution in [3.63, 3.8) is 0 Å². The average molecular weight is 385 g/mol. The lowest BCUT2D eigenvalue weighted by atomic mass is 10.1. The molecule has 2 heterocycles. The number of benzene rings is 2. The van der Waals surface area contributed by atoms with Crippen LogP contribution in [-0.2, 0) is 0 Å². The number of nitrogens with one attached hydrogen (secondary N) is 1. The molecule has 144 valence electrons. The molecule has 0 spiro atoms. The lowest BCUT2D eigenvalue weighted by molar-refractivity contribution is 0.102. The molecule has 0 atom stereocenters. The predicted octanol–water partition coefficient (Wildman–Crippen LogP) is 3.96. The predicted molar refractivity (Wildman–Crippen MR) is 113 cm³/mol. The zero-order chi connectivity index (χ0) is 20.4. The summed E-state index contributed by atoms with van der Waals surface area (Å²) in [7, 11) is 1.58. The summed E-state index contributed by atoms with van der Waals surface area (Å²) < 4.78 is 6.66. The fraction of sp³-hybridized carbons (Fsp3) is 0.0870. The third kappa shape index (κ3) is 3.60. The van der Waals surface area contributed by atoms with Crippen LogP contribution >= 0.6 is 0 Å². The van der Waals surface area contributed by atoms with Crippen LogP contribution in [-0.4, -0.2) is 22.6 Å². The SMILES string of the molecule is COc1ccc(-n2cc(C(=O)Nc3ccc(C)cn3)c3ccccc3c2=O)cc1. The van der Waals surface area contributed by atoms with Crippen LogP contribution in [0.3, 0.4) is 0 Å². The number of aromatic nitrogens is 2. The molecule has 0 aliphatic rings. The van der Waals surface area contributed by atoms with Crippen LogP contribution in [0.5, 0.6) is 5.75 Å². The highest BCUT2D eigenvalue weighted by Gasteiger charge is 2.16. The summed E-state index contributed by atoms with van der Waals surface area (Å²) in [5.41, 5.74) is 1.83. The highest BCUT2D eigenvalue weighted by atomic mass is 16.5. The monoisotopic (exact) mass is 385 g/mol. The van der Waals surface area contributed by atoms with E-state index in [0.29, 0.717) is 33.6 Å². The largest absolute Gasteiger partial charge is 0.497 e. The second-order valence-corrected chi connectivity index (χ2v) is 6.64. The molecule has 0 aliphatic heterocycles. The van der Waals surface area contributed by atoms with Gasteiger partial charge in [0.05, 0.1) is 12.7 Å². The smallest absolute Gasteiger partial charge is 0.262 e. The summed E-state index contributed by atoms with van der Waals surface area (Å²) in [6, 6.07) is 17.8. The van der Waals surface area contributed by atoms with Crippen LogP contribution in [0, 0.1) is 6.92 Å². The fourth-order valence-corrected chi connectivity index (χ4v) is 3.13. The van der Waals surface area contributed by atoms with E-state index in [9.17, 15) is 9.59 Å². The minimum atomic E-state index is -0.334.